The predicted octanol–water partition coefficient (Wildman–Crippen LogP) is 1.41. The first-order chi connectivity index (χ1) is 11.4. The Kier molecular flexibility index (Phi) is 5.31. The molecule has 126 valence electrons. The summed E-state index contributed by atoms with van der Waals surface area (Å²) in [5.41, 5.74) is 7.63. The Morgan fingerprint density at radius 3 is 2.54 bits per heavy atom. The van der Waals surface area contributed by atoms with E-state index in [2.05, 4.69) is 20.6 Å². The van der Waals surface area contributed by atoms with Gasteiger partial charge in [0.15, 0.2) is 0 Å². The average molecular weight is 329 g/mol. The predicted molar refractivity (Wildman–Crippen MR) is 90.4 cm³/mol. The molecule has 5 N–H and O–H groups in total. The molecule has 0 radical (unpaired) electrons. The third-order valence-corrected chi connectivity index (χ3v) is 3.46. The van der Waals surface area contributed by atoms with Crippen LogP contribution in [-0.2, 0) is 0 Å². The lowest BCUT2D eigenvalue weighted by atomic mass is 10.1. The minimum absolute atomic E-state index is 0.0418. The normalized spacial score (nSPS) is 10.2. The number of carbonyl (C=O) groups is 2. The Labute approximate surface area is 139 Å². The van der Waals surface area contributed by atoms with E-state index in [0.717, 1.165) is 11.3 Å². The number of primary amides is 1. The number of nitrogens with two attached hydrogens (primary N) is 1. The Balaban J connectivity index is 2.06. The van der Waals surface area contributed by atoms with Crippen molar-refractivity contribution in [2.24, 2.45) is 5.73 Å². The second-order valence-corrected chi connectivity index (χ2v) is 5.23. The summed E-state index contributed by atoms with van der Waals surface area (Å²) in [5, 5.41) is 15.3. The summed E-state index contributed by atoms with van der Waals surface area (Å²) in [6, 6.07) is 3.12. The molecule has 0 unspecified atom stereocenters. The van der Waals surface area contributed by atoms with Gasteiger partial charge in [-0.05, 0) is 31.5 Å². The zero-order chi connectivity index (χ0) is 17.7. The minimum atomic E-state index is -1.15. The Bertz CT molecular complexity index is 776. The van der Waals surface area contributed by atoms with Crippen molar-refractivity contribution in [2.45, 2.75) is 13.8 Å². The van der Waals surface area contributed by atoms with Crippen LogP contribution in [0.3, 0.4) is 0 Å². The van der Waals surface area contributed by atoms with Crippen molar-refractivity contribution in [3.8, 4) is 0 Å². The number of nitrogens with one attached hydrogen (secondary N) is 2. The second kappa shape index (κ2) is 7.40. The molecule has 0 aromatic carbocycles. The molecule has 0 bridgehead atoms. The fourth-order valence-corrected chi connectivity index (χ4v) is 2.19. The van der Waals surface area contributed by atoms with E-state index in [0.29, 0.717) is 18.8 Å². The number of carboxylic acid groups (broad SMARTS) is 1. The molecule has 0 saturated carbocycles. The van der Waals surface area contributed by atoms with E-state index < -0.39 is 11.9 Å². The lowest BCUT2D eigenvalue weighted by molar-refractivity contribution is 0.0695. The molecule has 24 heavy (non-hydrogen) atoms. The number of nitrogens with zero attached hydrogens (tertiary/aromatic N) is 2. The van der Waals surface area contributed by atoms with Crippen molar-refractivity contribution >= 4 is 23.4 Å². The molecular formula is C16H19N5O3. The molecular weight excluding hydrogens is 310 g/mol. The van der Waals surface area contributed by atoms with Gasteiger partial charge in [0.25, 0.3) is 5.91 Å². The first-order valence-corrected chi connectivity index (χ1v) is 7.33. The van der Waals surface area contributed by atoms with Crippen LogP contribution in [-0.4, -0.2) is 40.0 Å². The SMILES string of the molecule is Cc1cnccc1NCCNc1nc(C)c(C(=O)O)cc1C(N)=O. The van der Waals surface area contributed by atoms with Crippen LogP contribution in [0, 0.1) is 13.8 Å². The molecule has 0 aliphatic heterocycles. The fourth-order valence-electron chi connectivity index (χ4n) is 2.19. The number of aromatic carboxylic acids is 1. The Morgan fingerprint density at radius 1 is 1.21 bits per heavy atom. The summed E-state index contributed by atoms with van der Waals surface area (Å²) >= 11 is 0. The number of aryl methyl sites for hydroxylation is 2. The van der Waals surface area contributed by atoms with Gasteiger partial charge in [0.05, 0.1) is 16.8 Å². The third kappa shape index (κ3) is 3.97. The number of carboxylic acids is 1. The fraction of sp³-hybridized carbons (Fsp3) is 0.250. The van der Waals surface area contributed by atoms with Gasteiger partial charge in [0.1, 0.15) is 5.82 Å². The smallest absolute Gasteiger partial charge is 0.337 e. The van der Waals surface area contributed by atoms with Crippen LogP contribution in [0.5, 0.6) is 0 Å². The topological polar surface area (TPSA) is 130 Å². The number of hydrogen-bond acceptors (Lipinski definition) is 6. The number of hydrogen-bond donors (Lipinski definition) is 4. The molecule has 2 aromatic heterocycles. The van der Waals surface area contributed by atoms with Crippen LogP contribution in [0.4, 0.5) is 11.5 Å². The number of pyridine rings is 2. The third-order valence-electron chi connectivity index (χ3n) is 3.46. The first kappa shape index (κ1) is 17.2. The molecule has 2 aromatic rings. The van der Waals surface area contributed by atoms with E-state index in [-0.39, 0.29) is 16.9 Å². The van der Waals surface area contributed by atoms with E-state index >= 15 is 0 Å². The molecule has 0 atom stereocenters. The summed E-state index contributed by atoms with van der Waals surface area (Å²) in [6.45, 7) is 4.56. The number of aromatic nitrogens is 2. The van der Waals surface area contributed by atoms with Gasteiger partial charge in [-0.2, -0.15) is 0 Å². The van der Waals surface area contributed by atoms with Gasteiger partial charge >= 0.3 is 5.97 Å². The Hall–Kier alpha value is -3.16. The zero-order valence-corrected chi connectivity index (χ0v) is 13.5. The van der Waals surface area contributed by atoms with Gasteiger partial charge in [-0.15, -0.1) is 0 Å². The van der Waals surface area contributed by atoms with Crippen molar-refractivity contribution < 1.29 is 14.7 Å². The molecule has 0 spiro atoms. The maximum Gasteiger partial charge on any atom is 0.337 e. The van der Waals surface area contributed by atoms with Crippen molar-refractivity contribution in [3.05, 3.63) is 46.9 Å². The van der Waals surface area contributed by atoms with Gasteiger partial charge < -0.3 is 21.5 Å². The van der Waals surface area contributed by atoms with Crippen LogP contribution in [0.1, 0.15) is 32.0 Å². The Morgan fingerprint density at radius 2 is 1.92 bits per heavy atom. The molecule has 8 heteroatoms. The van der Waals surface area contributed by atoms with E-state index in [1.807, 2.05) is 13.0 Å². The molecule has 2 rings (SSSR count). The van der Waals surface area contributed by atoms with Crippen LogP contribution >= 0.6 is 0 Å². The standard InChI is InChI=1S/C16H19N5O3/c1-9-8-18-4-3-13(9)19-5-6-20-15-12(14(17)22)7-11(16(23)24)10(2)21-15/h3-4,7-8H,5-6H2,1-2H3,(H2,17,22)(H,18,19)(H,20,21)(H,23,24). The molecule has 0 saturated heterocycles. The van der Waals surface area contributed by atoms with Crippen molar-refractivity contribution in [1.29, 1.82) is 0 Å². The zero-order valence-electron chi connectivity index (χ0n) is 13.5. The van der Waals surface area contributed by atoms with E-state index in [1.54, 1.807) is 19.3 Å². The summed E-state index contributed by atoms with van der Waals surface area (Å²) < 4.78 is 0. The number of rotatable bonds is 7. The highest BCUT2D eigenvalue weighted by molar-refractivity contribution is 6.00. The van der Waals surface area contributed by atoms with Gasteiger partial charge in [0.2, 0.25) is 0 Å². The van der Waals surface area contributed by atoms with Crippen LogP contribution < -0.4 is 16.4 Å². The highest BCUT2D eigenvalue weighted by Crippen LogP contribution is 2.17. The second-order valence-electron chi connectivity index (χ2n) is 5.23. The van der Waals surface area contributed by atoms with Gasteiger partial charge in [-0.25, -0.2) is 9.78 Å². The summed E-state index contributed by atoms with van der Waals surface area (Å²) in [4.78, 5) is 30.8. The highest BCUT2D eigenvalue weighted by Gasteiger charge is 2.17. The molecule has 0 aliphatic rings. The van der Waals surface area contributed by atoms with Crippen LogP contribution in [0.15, 0.2) is 24.5 Å². The monoisotopic (exact) mass is 329 g/mol. The van der Waals surface area contributed by atoms with Gasteiger partial charge in [-0.1, -0.05) is 0 Å². The minimum Gasteiger partial charge on any atom is -0.478 e. The van der Waals surface area contributed by atoms with Crippen molar-refractivity contribution in [2.75, 3.05) is 23.7 Å². The summed E-state index contributed by atoms with van der Waals surface area (Å²) in [7, 11) is 0. The quantitative estimate of drug-likeness (QED) is 0.565. The molecule has 0 aliphatic carbocycles. The molecule has 8 nitrogen and oxygen atoms in total. The van der Waals surface area contributed by atoms with E-state index in [9.17, 15) is 9.59 Å². The van der Waals surface area contributed by atoms with E-state index in [4.69, 9.17) is 10.8 Å². The van der Waals surface area contributed by atoms with Gasteiger partial charge in [0, 0.05) is 31.2 Å². The molecule has 0 fully saturated rings. The largest absolute Gasteiger partial charge is 0.478 e. The maximum absolute atomic E-state index is 11.5. The lowest BCUT2D eigenvalue weighted by Crippen LogP contribution is -2.21. The summed E-state index contributed by atoms with van der Waals surface area (Å²) in [5.74, 6) is -1.60. The van der Waals surface area contributed by atoms with Crippen LogP contribution in [0.2, 0.25) is 0 Å². The highest BCUT2D eigenvalue weighted by atomic mass is 16.4. The lowest BCUT2D eigenvalue weighted by Gasteiger charge is -2.13. The number of amides is 1. The number of carbonyl (C=O) groups excluding carboxylic acids is 1. The van der Waals surface area contributed by atoms with E-state index in [1.165, 1.54) is 6.07 Å². The molecule has 1 amide bonds. The first-order valence-electron chi connectivity index (χ1n) is 7.33. The maximum atomic E-state index is 11.5. The van der Waals surface area contributed by atoms with Crippen molar-refractivity contribution in [1.82, 2.24) is 9.97 Å². The molecule has 2 heterocycles. The number of anilines is 2. The summed E-state index contributed by atoms with van der Waals surface area (Å²) in [6.07, 6.45) is 3.46. The van der Waals surface area contributed by atoms with Crippen molar-refractivity contribution in [3.63, 3.8) is 0 Å². The van der Waals surface area contributed by atoms with Crippen LogP contribution in [0.25, 0.3) is 0 Å². The van der Waals surface area contributed by atoms with Gasteiger partial charge in [-0.3, -0.25) is 9.78 Å². The average Bonchev–Trinajstić information content (AvgIpc) is 2.52.